The van der Waals surface area contributed by atoms with Gasteiger partial charge < -0.3 is 4.90 Å². The maximum atomic E-state index is 12.9. The molecule has 1 aromatic rings. The van der Waals surface area contributed by atoms with E-state index in [-0.39, 0.29) is 42.7 Å². The second-order valence-electron chi connectivity index (χ2n) is 7.07. The van der Waals surface area contributed by atoms with Gasteiger partial charge in [-0.3, -0.25) is 4.79 Å². The van der Waals surface area contributed by atoms with Gasteiger partial charge in [-0.2, -0.15) is 14.8 Å². The van der Waals surface area contributed by atoms with E-state index in [2.05, 4.69) is 0 Å². The van der Waals surface area contributed by atoms with Crippen LogP contribution in [0, 0.1) is 42.4 Å². The molecule has 2 rings (SSSR count). The number of amides is 1. The van der Waals surface area contributed by atoms with Crippen molar-refractivity contribution in [2.45, 2.75) is 44.4 Å². The lowest BCUT2D eigenvalue weighted by atomic mass is 9.96. The fourth-order valence-electron chi connectivity index (χ4n) is 3.33. The summed E-state index contributed by atoms with van der Waals surface area (Å²) in [4.78, 5) is 14.6. The highest BCUT2D eigenvalue weighted by Crippen LogP contribution is 2.26. The summed E-state index contributed by atoms with van der Waals surface area (Å²) in [6, 6.07) is 9.16. The lowest BCUT2D eigenvalue weighted by molar-refractivity contribution is -0.136. The first kappa shape index (κ1) is 21.9. The van der Waals surface area contributed by atoms with Gasteiger partial charge in [0.2, 0.25) is 15.9 Å². The highest BCUT2D eigenvalue weighted by atomic mass is 32.2. The van der Waals surface area contributed by atoms with E-state index in [1.54, 1.807) is 23.1 Å². The topological polar surface area (TPSA) is 105 Å². The van der Waals surface area contributed by atoms with Gasteiger partial charge in [-0.25, -0.2) is 8.42 Å². The van der Waals surface area contributed by atoms with Gasteiger partial charge in [0, 0.05) is 32.1 Å². The second-order valence-corrected chi connectivity index (χ2v) is 9.00. The SMILES string of the molecule is Cc1ccc(S(=O)(=O)N2CCC(C(=O)N(CCC#N)CCC#N)CC2)cc1C. The number of aryl methyl sites for hydroxylation is 2. The van der Waals surface area contributed by atoms with E-state index in [9.17, 15) is 13.2 Å². The molecule has 0 N–H and O–H groups in total. The van der Waals surface area contributed by atoms with E-state index in [0.717, 1.165) is 11.1 Å². The minimum Gasteiger partial charge on any atom is -0.340 e. The van der Waals surface area contributed by atoms with Crippen molar-refractivity contribution in [3.63, 3.8) is 0 Å². The molecule has 1 saturated heterocycles. The molecule has 0 bridgehead atoms. The Morgan fingerprint density at radius 3 is 2.18 bits per heavy atom. The zero-order valence-electron chi connectivity index (χ0n) is 16.4. The molecule has 0 aliphatic carbocycles. The molecule has 1 heterocycles. The monoisotopic (exact) mass is 402 g/mol. The molecular weight excluding hydrogens is 376 g/mol. The molecular formula is C20H26N4O3S. The summed E-state index contributed by atoms with van der Waals surface area (Å²) in [5, 5.41) is 17.6. The molecule has 0 aromatic heterocycles. The molecule has 1 aromatic carbocycles. The van der Waals surface area contributed by atoms with Gasteiger partial charge in [-0.05, 0) is 49.9 Å². The molecule has 1 fully saturated rings. The Labute approximate surface area is 167 Å². The highest BCUT2D eigenvalue weighted by Gasteiger charge is 2.33. The van der Waals surface area contributed by atoms with Gasteiger partial charge in [0.05, 0.1) is 29.9 Å². The summed E-state index contributed by atoms with van der Waals surface area (Å²) in [5.74, 6) is -0.364. The van der Waals surface area contributed by atoms with Crippen LogP contribution in [0.4, 0.5) is 0 Å². The van der Waals surface area contributed by atoms with Crippen LogP contribution in [0.15, 0.2) is 23.1 Å². The molecule has 1 aliphatic rings. The first-order valence-electron chi connectivity index (χ1n) is 9.41. The van der Waals surface area contributed by atoms with Gasteiger partial charge in [0.25, 0.3) is 0 Å². The zero-order valence-corrected chi connectivity index (χ0v) is 17.2. The molecule has 8 heteroatoms. The smallest absolute Gasteiger partial charge is 0.243 e. The van der Waals surface area contributed by atoms with E-state index in [4.69, 9.17) is 10.5 Å². The number of hydrogen-bond donors (Lipinski definition) is 0. The fourth-order valence-corrected chi connectivity index (χ4v) is 4.88. The Morgan fingerprint density at radius 1 is 1.11 bits per heavy atom. The van der Waals surface area contributed by atoms with E-state index in [0.29, 0.717) is 25.9 Å². The van der Waals surface area contributed by atoms with Crippen LogP contribution in [0.2, 0.25) is 0 Å². The fraction of sp³-hybridized carbons (Fsp3) is 0.550. The van der Waals surface area contributed by atoms with Crippen LogP contribution in [0.1, 0.15) is 36.8 Å². The number of carbonyl (C=O) groups is 1. The number of hydrogen-bond acceptors (Lipinski definition) is 5. The maximum Gasteiger partial charge on any atom is 0.243 e. The van der Waals surface area contributed by atoms with Crippen LogP contribution in [0.5, 0.6) is 0 Å². The van der Waals surface area contributed by atoms with E-state index >= 15 is 0 Å². The minimum atomic E-state index is -3.58. The molecule has 7 nitrogen and oxygen atoms in total. The molecule has 0 saturated carbocycles. The third kappa shape index (κ3) is 5.09. The summed E-state index contributed by atoms with van der Waals surface area (Å²) in [6.07, 6.45) is 1.32. The van der Waals surface area contributed by atoms with Crippen LogP contribution in [0.3, 0.4) is 0 Å². The summed E-state index contributed by atoms with van der Waals surface area (Å²) >= 11 is 0. The van der Waals surface area contributed by atoms with Crippen LogP contribution in [0.25, 0.3) is 0 Å². The Kier molecular flexibility index (Phi) is 7.56. The lowest BCUT2D eigenvalue weighted by Crippen LogP contribution is -2.44. The van der Waals surface area contributed by atoms with Gasteiger partial charge in [-0.15, -0.1) is 0 Å². The van der Waals surface area contributed by atoms with Crippen molar-refractivity contribution in [2.24, 2.45) is 5.92 Å². The third-order valence-electron chi connectivity index (χ3n) is 5.22. The predicted octanol–water partition coefficient (Wildman–Crippen LogP) is 2.36. The Bertz CT molecular complexity index is 873. The average Bonchev–Trinajstić information content (AvgIpc) is 2.69. The average molecular weight is 403 g/mol. The zero-order chi connectivity index (χ0) is 20.7. The van der Waals surface area contributed by atoms with Crippen molar-refractivity contribution in [3.8, 4) is 12.1 Å². The number of nitrogens with zero attached hydrogens (tertiary/aromatic N) is 4. The van der Waals surface area contributed by atoms with Crippen molar-refractivity contribution < 1.29 is 13.2 Å². The minimum absolute atomic E-state index is 0.0891. The third-order valence-corrected chi connectivity index (χ3v) is 7.11. The lowest BCUT2D eigenvalue weighted by Gasteiger charge is -2.33. The van der Waals surface area contributed by atoms with E-state index in [1.807, 2.05) is 26.0 Å². The molecule has 1 amide bonds. The Balaban J connectivity index is 2.04. The standard InChI is InChI=1S/C20H26N4O3S/c1-16-5-6-19(15-17(16)2)28(26,27)24-13-7-18(8-14-24)20(25)23(11-3-9-21)12-4-10-22/h5-6,15,18H,3-4,7-8,11-14H2,1-2H3. The van der Waals surface area contributed by atoms with Gasteiger partial charge in [0.15, 0.2) is 0 Å². The van der Waals surface area contributed by atoms with Gasteiger partial charge in [0.1, 0.15) is 0 Å². The second kappa shape index (κ2) is 9.68. The summed E-state index contributed by atoms with van der Waals surface area (Å²) < 4.78 is 27.2. The van der Waals surface area contributed by atoms with Crippen molar-refractivity contribution in [1.82, 2.24) is 9.21 Å². The maximum absolute atomic E-state index is 12.9. The summed E-state index contributed by atoms with van der Waals surface area (Å²) in [6.45, 7) is 5.01. The number of rotatable bonds is 7. The quantitative estimate of drug-likeness (QED) is 0.696. The van der Waals surface area contributed by atoms with Crippen LogP contribution in [-0.2, 0) is 14.8 Å². The van der Waals surface area contributed by atoms with Crippen molar-refractivity contribution in [1.29, 1.82) is 10.5 Å². The molecule has 0 radical (unpaired) electrons. The molecule has 150 valence electrons. The molecule has 28 heavy (non-hydrogen) atoms. The van der Waals surface area contributed by atoms with Gasteiger partial charge in [-0.1, -0.05) is 6.07 Å². The van der Waals surface area contributed by atoms with Crippen LogP contribution < -0.4 is 0 Å². The van der Waals surface area contributed by atoms with E-state index in [1.165, 1.54) is 4.31 Å². The number of nitriles is 2. The molecule has 0 unspecified atom stereocenters. The first-order chi connectivity index (χ1) is 13.3. The Hall–Kier alpha value is -2.42. The van der Waals surface area contributed by atoms with Crippen LogP contribution in [-0.4, -0.2) is 49.7 Å². The number of sulfonamides is 1. The summed E-state index contributed by atoms with van der Waals surface area (Å²) in [7, 11) is -3.58. The van der Waals surface area contributed by atoms with Gasteiger partial charge >= 0.3 is 0 Å². The van der Waals surface area contributed by atoms with Crippen molar-refractivity contribution in [3.05, 3.63) is 29.3 Å². The highest BCUT2D eigenvalue weighted by molar-refractivity contribution is 7.89. The van der Waals surface area contributed by atoms with Crippen LogP contribution >= 0.6 is 0 Å². The molecule has 0 atom stereocenters. The predicted molar refractivity (Wildman–Crippen MR) is 104 cm³/mol. The molecule has 0 spiro atoms. The first-order valence-corrected chi connectivity index (χ1v) is 10.9. The normalized spacial score (nSPS) is 15.6. The molecule has 1 aliphatic heterocycles. The Morgan fingerprint density at radius 2 is 1.68 bits per heavy atom. The largest absolute Gasteiger partial charge is 0.340 e. The van der Waals surface area contributed by atoms with Crippen molar-refractivity contribution in [2.75, 3.05) is 26.2 Å². The summed E-state index contributed by atoms with van der Waals surface area (Å²) in [5.41, 5.74) is 1.97. The van der Waals surface area contributed by atoms with Crippen molar-refractivity contribution >= 4 is 15.9 Å². The number of piperidine rings is 1. The number of carbonyl (C=O) groups excluding carboxylic acids is 1. The number of benzene rings is 1. The van der Waals surface area contributed by atoms with E-state index < -0.39 is 10.0 Å².